The number of aromatic nitrogens is 3. The summed E-state index contributed by atoms with van der Waals surface area (Å²) in [7, 11) is 0. The minimum absolute atomic E-state index is 0.601. The Morgan fingerprint density at radius 3 is 2.95 bits per heavy atom. The lowest BCUT2D eigenvalue weighted by Crippen LogP contribution is -1.99. The molecule has 3 nitrogen and oxygen atoms in total. The van der Waals surface area contributed by atoms with E-state index in [-0.39, 0.29) is 0 Å². The van der Waals surface area contributed by atoms with E-state index in [0.29, 0.717) is 4.77 Å². The van der Waals surface area contributed by atoms with Gasteiger partial charge in [-0.15, -0.1) is 11.3 Å². The van der Waals surface area contributed by atoms with Crippen LogP contribution in [0.15, 0.2) is 40.2 Å². The number of halogens is 1. The Balaban J connectivity index is 2.29. The first kappa shape index (κ1) is 12.8. The maximum atomic E-state index is 5.37. The molecule has 2 aromatic heterocycles. The van der Waals surface area contributed by atoms with E-state index in [1.807, 2.05) is 28.1 Å². The van der Waals surface area contributed by atoms with E-state index in [4.69, 9.17) is 12.2 Å². The molecule has 6 heteroatoms. The quantitative estimate of drug-likeness (QED) is 0.677. The second kappa shape index (κ2) is 5.03. The molecule has 3 aromatic rings. The van der Waals surface area contributed by atoms with E-state index >= 15 is 0 Å². The van der Waals surface area contributed by atoms with Crippen LogP contribution in [0, 0.1) is 11.7 Å². The van der Waals surface area contributed by atoms with Crippen molar-refractivity contribution in [3.8, 4) is 16.4 Å². The van der Waals surface area contributed by atoms with E-state index in [1.165, 1.54) is 0 Å². The van der Waals surface area contributed by atoms with Gasteiger partial charge in [0, 0.05) is 4.47 Å². The van der Waals surface area contributed by atoms with Crippen molar-refractivity contribution in [2.75, 3.05) is 0 Å². The third-order valence-corrected chi connectivity index (χ3v) is 4.46. The summed E-state index contributed by atoms with van der Waals surface area (Å²) in [5, 5.41) is 9.26. The Morgan fingerprint density at radius 1 is 1.37 bits per heavy atom. The zero-order chi connectivity index (χ0) is 13.4. The van der Waals surface area contributed by atoms with Gasteiger partial charge in [-0.3, -0.25) is 9.67 Å². The lowest BCUT2D eigenvalue weighted by Gasteiger charge is -2.09. The molecule has 0 bridgehead atoms. The molecule has 0 saturated carbocycles. The highest BCUT2D eigenvalue weighted by atomic mass is 79.9. The van der Waals surface area contributed by atoms with E-state index in [2.05, 4.69) is 45.2 Å². The largest absolute Gasteiger partial charge is 0.267 e. The van der Waals surface area contributed by atoms with Gasteiger partial charge in [-0.2, -0.15) is 5.10 Å². The number of aromatic amines is 1. The zero-order valence-corrected chi connectivity index (χ0v) is 13.3. The maximum Gasteiger partial charge on any atom is 0.200 e. The highest BCUT2D eigenvalue weighted by Crippen LogP contribution is 2.28. The Morgan fingerprint density at radius 2 is 2.21 bits per heavy atom. The number of hydrogen-bond donors (Lipinski definition) is 1. The number of rotatable bonds is 2. The van der Waals surface area contributed by atoms with Gasteiger partial charge in [0.15, 0.2) is 10.6 Å². The molecule has 3 rings (SSSR count). The van der Waals surface area contributed by atoms with Crippen molar-refractivity contribution in [1.29, 1.82) is 0 Å². The van der Waals surface area contributed by atoms with Crippen LogP contribution in [-0.2, 0) is 0 Å². The molecule has 0 aliphatic heterocycles. The molecule has 0 fully saturated rings. The smallest absolute Gasteiger partial charge is 0.200 e. The van der Waals surface area contributed by atoms with E-state index < -0.39 is 0 Å². The first-order valence-corrected chi connectivity index (χ1v) is 7.73. The molecule has 0 radical (unpaired) electrons. The lowest BCUT2D eigenvalue weighted by molar-refractivity contribution is 1.02. The minimum atomic E-state index is 0.601. The summed E-state index contributed by atoms with van der Waals surface area (Å²) in [6.07, 6.45) is 0. The number of thiophene rings is 1. The molecule has 1 aromatic carbocycles. The third kappa shape index (κ3) is 2.31. The van der Waals surface area contributed by atoms with Crippen LogP contribution in [0.25, 0.3) is 16.4 Å². The molecule has 19 heavy (non-hydrogen) atoms. The highest BCUT2D eigenvalue weighted by Gasteiger charge is 2.13. The fourth-order valence-electron chi connectivity index (χ4n) is 1.91. The SMILES string of the molecule is Cc1ccc(Br)cc1-n1c(-c2cccs2)n[nH]c1=S. The fraction of sp³-hybridized carbons (Fsp3) is 0.0769. The minimum Gasteiger partial charge on any atom is -0.267 e. The summed E-state index contributed by atoms with van der Waals surface area (Å²) < 4.78 is 3.60. The number of nitrogens with zero attached hydrogens (tertiary/aromatic N) is 2. The van der Waals surface area contributed by atoms with Gasteiger partial charge in [0.1, 0.15) is 0 Å². The number of H-pyrrole nitrogens is 1. The number of aryl methyl sites for hydroxylation is 1. The molecule has 0 spiro atoms. The molecule has 0 aliphatic rings. The Kier molecular flexibility index (Phi) is 3.38. The molecule has 0 saturated heterocycles. The number of benzene rings is 1. The van der Waals surface area contributed by atoms with Crippen molar-refractivity contribution in [3.05, 3.63) is 50.5 Å². The molecule has 0 atom stereocenters. The summed E-state index contributed by atoms with van der Waals surface area (Å²) in [6, 6.07) is 10.2. The molecule has 0 unspecified atom stereocenters. The monoisotopic (exact) mass is 351 g/mol. The van der Waals surface area contributed by atoms with Gasteiger partial charge in [-0.25, -0.2) is 0 Å². The van der Waals surface area contributed by atoms with Gasteiger partial charge in [0.2, 0.25) is 0 Å². The van der Waals surface area contributed by atoms with Crippen LogP contribution in [0.4, 0.5) is 0 Å². The maximum absolute atomic E-state index is 5.37. The van der Waals surface area contributed by atoms with Crippen molar-refractivity contribution in [1.82, 2.24) is 14.8 Å². The molecule has 1 N–H and O–H groups in total. The summed E-state index contributed by atoms with van der Waals surface area (Å²) in [5.41, 5.74) is 2.19. The van der Waals surface area contributed by atoms with Crippen molar-refractivity contribution >= 4 is 39.5 Å². The van der Waals surface area contributed by atoms with Crippen LogP contribution in [0.1, 0.15) is 5.56 Å². The van der Waals surface area contributed by atoms with E-state index in [9.17, 15) is 0 Å². The lowest BCUT2D eigenvalue weighted by atomic mass is 10.2. The standard InChI is InChI=1S/C13H10BrN3S2/c1-8-4-5-9(14)7-10(8)17-12(15-16-13(17)18)11-3-2-6-19-11/h2-7H,1H3,(H,16,18). The number of nitrogens with one attached hydrogen (secondary N) is 1. The van der Waals surface area contributed by atoms with Crippen LogP contribution < -0.4 is 0 Å². The summed E-state index contributed by atoms with van der Waals surface area (Å²) in [5.74, 6) is 0.848. The Hall–Kier alpha value is -1.24. The predicted molar refractivity (Wildman–Crippen MR) is 84.5 cm³/mol. The fourth-order valence-corrected chi connectivity index (χ4v) is 3.20. The van der Waals surface area contributed by atoms with Gasteiger partial charge in [0.05, 0.1) is 10.6 Å². The average molecular weight is 352 g/mol. The molecular formula is C13H10BrN3S2. The summed E-state index contributed by atoms with van der Waals surface area (Å²) >= 11 is 10.5. The summed E-state index contributed by atoms with van der Waals surface area (Å²) in [6.45, 7) is 2.06. The van der Waals surface area contributed by atoms with Crippen LogP contribution in [0.3, 0.4) is 0 Å². The van der Waals surface area contributed by atoms with Crippen molar-refractivity contribution in [2.24, 2.45) is 0 Å². The zero-order valence-electron chi connectivity index (χ0n) is 10.1. The second-order valence-electron chi connectivity index (χ2n) is 4.10. The number of hydrogen-bond acceptors (Lipinski definition) is 3. The molecule has 2 heterocycles. The topological polar surface area (TPSA) is 33.6 Å². The molecular weight excluding hydrogens is 342 g/mol. The molecule has 96 valence electrons. The first-order valence-electron chi connectivity index (χ1n) is 5.64. The predicted octanol–water partition coefficient (Wildman–Crippen LogP) is 4.73. The first-order chi connectivity index (χ1) is 9.16. The Labute approximate surface area is 128 Å². The van der Waals surface area contributed by atoms with Crippen molar-refractivity contribution < 1.29 is 0 Å². The highest BCUT2D eigenvalue weighted by molar-refractivity contribution is 9.10. The van der Waals surface area contributed by atoms with Gasteiger partial charge in [-0.1, -0.05) is 28.1 Å². The van der Waals surface area contributed by atoms with Gasteiger partial charge in [-0.05, 0) is 48.3 Å². The van der Waals surface area contributed by atoms with Gasteiger partial charge in [0.25, 0.3) is 0 Å². The van der Waals surface area contributed by atoms with Crippen LogP contribution in [0.5, 0.6) is 0 Å². The molecule has 0 aliphatic carbocycles. The van der Waals surface area contributed by atoms with Crippen LogP contribution in [0.2, 0.25) is 0 Å². The second-order valence-corrected chi connectivity index (χ2v) is 6.35. The van der Waals surface area contributed by atoms with Crippen LogP contribution >= 0.6 is 39.5 Å². The molecule has 0 amide bonds. The third-order valence-electron chi connectivity index (χ3n) is 2.83. The van der Waals surface area contributed by atoms with Gasteiger partial charge >= 0.3 is 0 Å². The van der Waals surface area contributed by atoms with Crippen molar-refractivity contribution in [2.45, 2.75) is 6.92 Å². The van der Waals surface area contributed by atoms with Gasteiger partial charge < -0.3 is 0 Å². The van der Waals surface area contributed by atoms with Crippen LogP contribution in [-0.4, -0.2) is 14.8 Å². The van der Waals surface area contributed by atoms with Crippen molar-refractivity contribution in [3.63, 3.8) is 0 Å². The van der Waals surface area contributed by atoms with E-state index in [0.717, 1.165) is 26.4 Å². The van der Waals surface area contributed by atoms with E-state index in [1.54, 1.807) is 11.3 Å². The Bertz CT molecular complexity index is 772. The normalized spacial score (nSPS) is 10.8. The average Bonchev–Trinajstić information content (AvgIpc) is 3.01. The summed E-state index contributed by atoms with van der Waals surface area (Å²) in [4.78, 5) is 1.09.